The van der Waals surface area contributed by atoms with Crippen LogP contribution in [0.4, 0.5) is 16.2 Å². The number of halogens is 1. The minimum absolute atomic E-state index is 0.0732. The second-order valence-corrected chi connectivity index (χ2v) is 8.60. The van der Waals surface area contributed by atoms with Crippen LogP contribution in [0.1, 0.15) is 17.3 Å². The Morgan fingerprint density at radius 1 is 1.11 bits per heavy atom. The van der Waals surface area contributed by atoms with Gasteiger partial charge >= 0.3 is 6.03 Å². The van der Waals surface area contributed by atoms with Crippen LogP contribution in [0, 0.1) is 0 Å². The third kappa shape index (κ3) is 6.39. The quantitative estimate of drug-likeness (QED) is 0.450. The molecule has 4 rings (SSSR count). The predicted octanol–water partition coefficient (Wildman–Crippen LogP) is 4.30. The number of nitrogens with zero attached hydrogens (tertiary/aromatic N) is 3. The van der Waals surface area contributed by atoms with E-state index in [9.17, 15) is 9.59 Å². The number of aromatic nitrogens is 2. The van der Waals surface area contributed by atoms with Crippen LogP contribution in [0.5, 0.6) is 5.75 Å². The summed E-state index contributed by atoms with van der Waals surface area (Å²) in [6, 6.07) is 11.7. The Kier molecular flexibility index (Phi) is 8.02. The van der Waals surface area contributed by atoms with E-state index in [-0.39, 0.29) is 5.78 Å². The van der Waals surface area contributed by atoms with E-state index in [1.807, 2.05) is 6.07 Å². The van der Waals surface area contributed by atoms with Crippen LogP contribution in [0.2, 0.25) is 5.02 Å². The Labute approximate surface area is 209 Å². The fourth-order valence-corrected chi connectivity index (χ4v) is 4.12. The van der Waals surface area contributed by atoms with Gasteiger partial charge in [-0.1, -0.05) is 23.7 Å². The van der Waals surface area contributed by atoms with Crippen molar-refractivity contribution in [3.05, 3.63) is 59.2 Å². The van der Waals surface area contributed by atoms with Gasteiger partial charge in [0.1, 0.15) is 12.4 Å². The molecule has 1 fully saturated rings. The van der Waals surface area contributed by atoms with Crippen molar-refractivity contribution < 1.29 is 19.1 Å². The van der Waals surface area contributed by atoms with Crippen molar-refractivity contribution >= 4 is 34.8 Å². The molecular formula is C25H28ClN5O4. The largest absolute Gasteiger partial charge is 0.492 e. The first-order valence-corrected chi connectivity index (χ1v) is 11.7. The standard InChI is InChI=1S/C25H28ClN5O4/c1-17(32)18-4-3-5-19(14-18)28-25(33)29-20-6-7-23(35-13-10-31-8-11-34-12-9-31)21(15-20)24-22(26)16-27-30(24)2/h3-7,14-16H,8-13H2,1-2H3,(H2,28,29,33). The average molecular weight is 498 g/mol. The van der Waals surface area contributed by atoms with Crippen LogP contribution in [-0.2, 0) is 11.8 Å². The van der Waals surface area contributed by atoms with Crippen LogP contribution in [0.3, 0.4) is 0 Å². The third-order valence-electron chi connectivity index (χ3n) is 5.68. The van der Waals surface area contributed by atoms with Crippen LogP contribution in [0.25, 0.3) is 11.3 Å². The maximum Gasteiger partial charge on any atom is 0.323 e. The number of carbonyl (C=O) groups is 2. The van der Waals surface area contributed by atoms with Gasteiger partial charge in [-0.15, -0.1) is 0 Å². The summed E-state index contributed by atoms with van der Waals surface area (Å²) in [7, 11) is 1.80. The molecule has 2 aromatic carbocycles. The minimum atomic E-state index is -0.436. The molecule has 10 heteroatoms. The number of nitrogens with one attached hydrogen (secondary N) is 2. The average Bonchev–Trinajstić information content (AvgIpc) is 3.18. The molecule has 9 nitrogen and oxygen atoms in total. The number of carbonyl (C=O) groups excluding carboxylic acids is 2. The van der Waals surface area contributed by atoms with Gasteiger partial charge in [0.15, 0.2) is 5.78 Å². The number of urea groups is 1. The summed E-state index contributed by atoms with van der Waals surface area (Å²) >= 11 is 6.42. The smallest absolute Gasteiger partial charge is 0.323 e. The van der Waals surface area contributed by atoms with E-state index in [0.29, 0.717) is 45.6 Å². The number of ketones is 1. The first kappa shape index (κ1) is 24.7. The summed E-state index contributed by atoms with van der Waals surface area (Å²) in [6.07, 6.45) is 1.57. The van der Waals surface area contributed by atoms with Gasteiger partial charge in [-0.2, -0.15) is 5.10 Å². The minimum Gasteiger partial charge on any atom is -0.492 e. The van der Waals surface area contributed by atoms with E-state index in [1.54, 1.807) is 54.3 Å². The molecule has 1 aliphatic heterocycles. The van der Waals surface area contributed by atoms with Gasteiger partial charge in [-0.25, -0.2) is 4.79 Å². The van der Waals surface area contributed by atoms with Gasteiger partial charge < -0.3 is 20.1 Å². The lowest BCUT2D eigenvalue weighted by molar-refractivity contribution is 0.0323. The molecule has 0 saturated carbocycles. The number of hydrogen-bond acceptors (Lipinski definition) is 6. The number of morpholine rings is 1. The lowest BCUT2D eigenvalue weighted by Crippen LogP contribution is -2.38. The molecule has 0 aliphatic carbocycles. The Balaban J connectivity index is 1.50. The summed E-state index contributed by atoms with van der Waals surface area (Å²) in [5, 5.41) is 10.3. The zero-order valence-electron chi connectivity index (χ0n) is 19.7. The Morgan fingerprint density at radius 2 is 1.86 bits per heavy atom. The monoisotopic (exact) mass is 497 g/mol. The van der Waals surface area contributed by atoms with Gasteiger partial charge in [0.25, 0.3) is 0 Å². The van der Waals surface area contributed by atoms with E-state index >= 15 is 0 Å². The van der Waals surface area contributed by atoms with E-state index < -0.39 is 6.03 Å². The van der Waals surface area contributed by atoms with Crippen molar-refractivity contribution in [3.8, 4) is 17.0 Å². The highest BCUT2D eigenvalue weighted by Crippen LogP contribution is 2.36. The molecule has 1 aliphatic rings. The normalized spacial score (nSPS) is 13.9. The number of Topliss-reactive ketones (excluding diaryl/α,β-unsaturated/α-hetero) is 1. The summed E-state index contributed by atoms with van der Waals surface area (Å²) in [6.45, 7) is 6.00. The van der Waals surface area contributed by atoms with E-state index in [1.165, 1.54) is 6.92 Å². The number of amides is 2. The van der Waals surface area contributed by atoms with Gasteiger partial charge in [-0.05, 0) is 37.3 Å². The van der Waals surface area contributed by atoms with Gasteiger partial charge in [0, 0.05) is 49.2 Å². The summed E-state index contributed by atoms with van der Waals surface area (Å²) < 4.78 is 13.2. The number of anilines is 2. The maximum absolute atomic E-state index is 12.6. The number of aryl methyl sites for hydroxylation is 1. The second kappa shape index (κ2) is 11.4. The highest BCUT2D eigenvalue weighted by molar-refractivity contribution is 6.33. The lowest BCUT2D eigenvalue weighted by Gasteiger charge is -2.26. The molecule has 2 heterocycles. The molecule has 184 valence electrons. The van der Waals surface area contributed by atoms with Crippen LogP contribution in [0.15, 0.2) is 48.7 Å². The van der Waals surface area contributed by atoms with Crippen molar-refractivity contribution in [2.75, 3.05) is 50.1 Å². The zero-order chi connectivity index (χ0) is 24.8. The maximum atomic E-state index is 12.6. The van der Waals surface area contributed by atoms with Crippen LogP contribution >= 0.6 is 11.6 Å². The molecule has 0 radical (unpaired) electrons. The van der Waals surface area contributed by atoms with Crippen molar-refractivity contribution in [2.24, 2.45) is 7.05 Å². The third-order valence-corrected chi connectivity index (χ3v) is 5.96. The number of rotatable bonds is 8. The van der Waals surface area contributed by atoms with Crippen molar-refractivity contribution in [1.82, 2.24) is 14.7 Å². The van der Waals surface area contributed by atoms with Crippen molar-refractivity contribution in [1.29, 1.82) is 0 Å². The summed E-state index contributed by atoms with van der Waals surface area (Å²) in [5.41, 5.74) is 3.00. The zero-order valence-corrected chi connectivity index (χ0v) is 20.5. The molecular weight excluding hydrogens is 470 g/mol. The molecule has 2 amide bonds. The van der Waals surface area contributed by atoms with Crippen molar-refractivity contribution in [2.45, 2.75) is 6.92 Å². The fraction of sp³-hybridized carbons (Fsp3) is 0.320. The number of benzene rings is 2. The molecule has 3 aromatic rings. The Hall–Kier alpha value is -3.40. The fourth-order valence-electron chi connectivity index (χ4n) is 3.85. The van der Waals surface area contributed by atoms with Gasteiger partial charge in [0.2, 0.25) is 0 Å². The van der Waals surface area contributed by atoms with E-state index in [2.05, 4.69) is 20.6 Å². The van der Waals surface area contributed by atoms with E-state index in [0.717, 1.165) is 32.8 Å². The second-order valence-electron chi connectivity index (χ2n) is 8.19. The summed E-state index contributed by atoms with van der Waals surface area (Å²) in [5.74, 6) is 0.569. The summed E-state index contributed by atoms with van der Waals surface area (Å²) in [4.78, 5) is 26.5. The Bertz CT molecular complexity index is 1190. The highest BCUT2D eigenvalue weighted by Gasteiger charge is 2.17. The first-order valence-electron chi connectivity index (χ1n) is 11.3. The van der Waals surface area contributed by atoms with E-state index in [4.69, 9.17) is 21.1 Å². The topological polar surface area (TPSA) is 97.7 Å². The molecule has 35 heavy (non-hydrogen) atoms. The SMILES string of the molecule is CC(=O)c1cccc(NC(=O)Nc2ccc(OCCN3CCOCC3)c(-c3c(Cl)cnn3C)c2)c1. The lowest BCUT2D eigenvalue weighted by atomic mass is 10.1. The predicted molar refractivity (Wildman–Crippen MR) is 135 cm³/mol. The molecule has 0 unspecified atom stereocenters. The van der Waals surface area contributed by atoms with Crippen LogP contribution < -0.4 is 15.4 Å². The number of hydrogen-bond donors (Lipinski definition) is 2. The molecule has 1 saturated heterocycles. The molecule has 0 atom stereocenters. The molecule has 2 N–H and O–H groups in total. The van der Waals surface area contributed by atoms with Gasteiger partial charge in [-0.3, -0.25) is 14.4 Å². The molecule has 0 spiro atoms. The first-order chi connectivity index (χ1) is 16.9. The Morgan fingerprint density at radius 3 is 2.54 bits per heavy atom. The molecule has 1 aromatic heterocycles. The van der Waals surface area contributed by atoms with Gasteiger partial charge in [0.05, 0.1) is 30.1 Å². The highest BCUT2D eigenvalue weighted by atomic mass is 35.5. The van der Waals surface area contributed by atoms with Crippen molar-refractivity contribution in [3.63, 3.8) is 0 Å². The number of ether oxygens (including phenoxy) is 2. The molecule has 0 bridgehead atoms. The van der Waals surface area contributed by atoms with Crippen LogP contribution in [-0.4, -0.2) is 65.9 Å².